The van der Waals surface area contributed by atoms with E-state index in [2.05, 4.69) is 13.8 Å². The van der Waals surface area contributed by atoms with Crippen LogP contribution in [0.4, 0.5) is 0 Å². The monoisotopic (exact) mass is 306 g/mol. The molecule has 0 bridgehead atoms. The molecule has 0 aliphatic heterocycles. The van der Waals surface area contributed by atoms with Gasteiger partial charge < -0.3 is 10.2 Å². The highest BCUT2D eigenvalue weighted by atomic mass is 16.4. The molecule has 122 valence electrons. The van der Waals surface area contributed by atoms with E-state index in [9.17, 15) is 19.8 Å². The fraction of sp³-hybridized carbons (Fsp3) is 0.556. The Balaban J connectivity index is 3.20. The quantitative estimate of drug-likeness (QED) is 0.690. The SMILES string of the molecule is CC(C)CCCCc1c(C(C)C)ccc(C(=O)O)c1C(=O)O. The molecule has 1 rings (SSSR count). The van der Waals surface area contributed by atoms with E-state index in [1.165, 1.54) is 6.07 Å². The first kappa shape index (κ1) is 18.2. The Labute approximate surface area is 132 Å². The van der Waals surface area contributed by atoms with Crippen LogP contribution in [0.1, 0.15) is 84.7 Å². The zero-order chi connectivity index (χ0) is 16.9. The second-order valence-corrected chi connectivity index (χ2v) is 6.46. The summed E-state index contributed by atoms with van der Waals surface area (Å²) in [6, 6.07) is 3.18. The van der Waals surface area contributed by atoms with Crippen molar-refractivity contribution < 1.29 is 19.8 Å². The van der Waals surface area contributed by atoms with Gasteiger partial charge in [0.2, 0.25) is 0 Å². The molecule has 4 nitrogen and oxygen atoms in total. The van der Waals surface area contributed by atoms with E-state index >= 15 is 0 Å². The number of rotatable bonds is 8. The lowest BCUT2D eigenvalue weighted by atomic mass is 9.87. The number of carboxylic acids is 2. The van der Waals surface area contributed by atoms with Crippen LogP contribution in [0.25, 0.3) is 0 Å². The Hall–Kier alpha value is -1.84. The van der Waals surface area contributed by atoms with Gasteiger partial charge in [0.1, 0.15) is 0 Å². The van der Waals surface area contributed by atoms with Crippen LogP contribution in [0.3, 0.4) is 0 Å². The highest BCUT2D eigenvalue weighted by molar-refractivity contribution is 6.03. The third-order valence-electron chi connectivity index (χ3n) is 3.87. The summed E-state index contributed by atoms with van der Waals surface area (Å²) in [6.07, 6.45) is 3.60. The topological polar surface area (TPSA) is 74.6 Å². The van der Waals surface area contributed by atoms with Gasteiger partial charge in [-0.3, -0.25) is 0 Å². The maximum Gasteiger partial charge on any atom is 0.336 e. The van der Waals surface area contributed by atoms with Crippen LogP contribution in [-0.4, -0.2) is 22.2 Å². The maximum absolute atomic E-state index is 11.6. The number of hydrogen-bond donors (Lipinski definition) is 2. The van der Waals surface area contributed by atoms with E-state index in [-0.39, 0.29) is 17.0 Å². The normalized spacial score (nSPS) is 11.2. The Kier molecular flexibility index (Phi) is 6.60. The molecule has 22 heavy (non-hydrogen) atoms. The number of aromatic carboxylic acids is 2. The van der Waals surface area contributed by atoms with Gasteiger partial charge in [-0.25, -0.2) is 9.59 Å². The van der Waals surface area contributed by atoms with E-state index in [0.717, 1.165) is 24.8 Å². The predicted octanol–water partition coefficient (Wildman–Crippen LogP) is 4.58. The standard InChI is InChI=1S/C18H26O4/c1-11(2)7-5-6-8-14-13(12(3)4)9-10-15(17(19)20)16(14)18(21)22/h9-12H,5-8H2,1-4H3,(H,19,20)(H,21,22). The molecular formula is C18H26O4. The smallest absolute Gasteiger partial charge is 0.336 e. The zero-order valence-corrected chi connectivity index (χ0v) is 13.8. The van der Waals surface area contributed by atoms with Crippen LogP contribution in [-0.2, 0) is 6.42 Å². The maximum atomic E-state index is 11.6. The molecule has 0 saturated carbocycles. The van der Waals surface area contributed by atoms with E-state index in [4.69, 9.17) is 0 Å². The minimum atomic E-state index is -1.18. The molecule has 4 heteroatoms. The first-order valence-electron chi connectivity index (χ1n) is 7.88. The first-order chi connectivity index (χ1) is 10.3. The van der Waals surface area contributed by atoms with E-state index in [1.54, 1.807) is 6.07 Å². The van der Waals surface area contributed by atoms with Gasteiger partial charge in [0.25, 0.3) is 0 Å². The fourth-order valence-corrected chi connectivity index (χ4v) is 2.75. The van der Waals surface area contributed by atoms with E-state index in [1.807, 2.05) is 13.8 Å². The summed E-state index contributed by atoms with van der Waals surface area (Å²) < 4.78 is 0. The van der Waals surface area contributed by atoms with Gasteiger partial charge in [-0.1, -0.05) is 46.6 Å². The molecule has 0 saturated heterocycles. The molecule has 0 spiro atoms. The molecule has 0 radical (unpaired) electrons. The summed E-state index contributed by atoms with van der Waals surface area (Å²) in [5.74, 6) is -1.55. The molecule has 0 atom stereocenters. The molecule has 0 aliphatic rings. The van der Waals surface area contributed by atoms with Crippen LogP contribution in [0.2, 0.25) is 0 Å². The van der Waals surface area contributed by atoms with Crippen LogP contribution in [0.15, 0.2) is 12.1 Å². The lowest BCUT2D eigenvalue weighted by molar-refractivity contribution is 0.0650. The van der Waals surface area contributed by atoms with Gasteiger partial charge in [-0.15, -0.1) is 0 Å². The fourth-order valence-electron chi connectivity index (χ4n) is 2.75. The number of benzene rings is 1. The number of hydrogen-bond acceptors (Lipinski definition) is 2. The minimum Gasteiger partial charge on any atom is -0.478 e. The van der Waals surface area contributed by atoms with Gasteiger partial charge in [0.15, 0.2) is 0 Å². The first-order valence-corrected chi connectivity index (χ1v) is 7.88. The van der Waals surface area contributed by atoms with Crippen molar-refractivity contribution in [3.63, 3.8) is 0 Å². The number of carboxylic acid groups (broad SMARTS) is 2. The third-order valence-corrected chi connectivity index (χ3v) is 3.87. The molecule has 0 aliphatic carbocycles. The number of unbranched alkanes of at least 4 members (excludes halogenated alkanes) is 1. The molecule has 2 N–H and O–H groups in total. The molecule has 0 unspecified atom stereocenters. The van der Waals surface area contributed by atoms with Crippen LogP contribution < -0.4 is 0 Å². The lowest BCUT2D eigenvalue weighted by Gasteiger charge is -2.17. The molecule has 0 fully saturated rings. The average molecular weight is 306 g/mol. The van der Waals surface area contributed by atoms with Gasteiger partial charge >= 0.3 is 11.9 Å². The second-order valence-electron chi connectivity index (χ2n) is 6.46. The Morgan fingerprint density at radius 3 is 2.09 bits per heavy atom. The van der Waals surface area contributed by atoms with Crippen molar-refractivity contribution in [2.45, 2.75) is 59.3 Å². The summed E-state index contributed by atoms with van der Waals surface area (Å²) in [7, 11) is 0. The van der Waals surface area contributed by atoms with Crippen molar-refractivity contribution in [2.24, 2.45) is 5.92 Å². The highest BCUT2D eigenvalue weighted by Crippen LogP contribution is 2.28. The van der Waals surface area contributed by atoms with Crippen molar-refractivity contribution >= 4 is 11.9 Å². The molecule has 0 amide bonds. The van der Waals surface area contributed by atoms with Gasteiger partial charge in [-0.2, -0.15) is 0 Å². The third kappa shape index (κ3) is 4.58. The van der Waals surface area contributed by atoms with Gasteiger partial charge in [-0.05, 0) is 41.9 Å². The Morgan fingerprint density at radius 1 is 1.00 bits per heavy atom. The van der Waals surface area contributed by atoms with Crippen LogP contribution in [0, 0.1) is 5.92 Å². The van der Waals surface area contributed by atoms with Crippen LogP contribution in [0.5, 0.6) is 0 Å². The molecular weight excluding hydrogens is 280 g/mol. The Bertz CT molecular complexity index is 544. The minimum absolute atomic E-state index is 0.0387. The molecule has 0 heterocycles. The number of carbonyl (C=O) groups is 2. The average Bonchev–Trinajstić information content (AvgIpc) is 2.41. The van der Waals surface area contributed by atoms with Gasteiger partial charge in [0, 0.05) is 0 Å². The summed E-state index contributed by atoms with van der Waals surface area (Å²) in [4.78, 5) is 22.9. The summed E-state index contributed by atoms with van der Waals surface area (Å²) in [5.41, 5.74) is 1.47. The van der Waals surface area contributed by atoms with Crippen molar-refractivity contribution in [3.8, 4) is 0 Å². The highest BCUT2D eigenvalue weighted by Gasteiger charge is 2.23. The largest absolute Gasteiger partial charge is 0.478 e. The molecule has 0 aromatic heterocycles. The van der Waals surface area contributed by atoms with Crippen LogP contribution >= 0.6 is 0 Å². The van der Waals surface area contributed by atoms with E-state index < -0.39 is 11.9 Å². The van der Waals surface area contributed by atoms with Crippen molar-refractivity contribution in [3.05, 3.63) is 34.4 Å². The van der Waals surface area contributed by atoms with Crippen molar-refractivity contribution in [2.75, 3.05) is 0 Å². The zero-order valence-electron chi connectivity index (χ0n) is 13.8. The summed E-state index contributed by atoms with van der Waals surface area (Å²) in [5, 5.41) is 18.7. The van der Waals surface area contributed by atoms with E-state index in [0.29, 0.717) is 17.9 Å². The van der Waals surface area contributed by atoms with Crippen molar-refractivity contribution in [1.29, 1.82) is 0 Å². The molecule has 1 aromatic rings. The molecule has 1 aromatic carbocycles. The summed E-state index contributed by atoms with van der Waals surface area (Å²) >= 11 is 0. The second kappa shape index (κ2) is 7.97. The van der Waals surface area contributed by atoms with Crippen molar-refractivity contribution in [1.82, 2.24) is 0 Å². The van der Waals surface area contributed by atoms with Gasteiger partial charge in [0.05, 0.1) is 11.1 Å². The lowest BCUT2D eigenvalue weighted by Crippen LogP contribution is -2.14. The summed E-state index contributed by atoms with van der Waals surface area (Å²) in [6.45, 7) is 8.32. The Morgan fingerprint density at radius 2 is 1.64 bits per heavy atom. The predicted molar refractivity (Wildman–Crippen MR) is 86.8 cm³/mol.